The van der Waals surface area contributed by atoms with Crippen molar-refractivity contribution in [2.24, 2.45) is 0 Å². The van der Waals surface area contributed by atoms with E-state index in [1.807, 2.05) is 49.4 Å². The molecule has 6 rings (SSSR count). The van der Waals surface area contributed by atoms with Crippen LogP contribution in [0.2, 0.25) is 10.0 Å². The first-order valence-electron chi connectivity index (χ1n) is 14.5. The highest BCUT2D eigenvalue weighted by atomic mass is 35.5. The Morgan fingerprint density at radius 1 is 0.932 bits per heavy atom. The van der Waals surface area contributed by atoms with Crippen LogP contribution in [0.15, 0.2) is 91.0 Å². The number of carbonyl (C=O) groups is 1. The van der Waals surface area contributed by atoms with Crippen LogP contribution in [0.4, 0.5) is 17.1 Å². The Balaban J connectivity index is 0.964. The first-order valence-corrected chi connectivity index (χ1v) is 15.2. The topological polar surface area (TPSA) is 83.5 Å². The van der Waals surface area contributed by atoms with Crippen LogP contribution in [0.3, 0.4) is 0 Å². The zero-order valence-electron chi connectivity index (χ0n) is 24.2. The van der Waals surface area contributed by atoms with E-state index in [9.17, 15) is 9.90 Å². The minimum absolute atomic E-state index is 0.0617. The van der Waals surface area contributed by atoms with Crippen LogP contribution in [0.25, 0.3) is 0 Å². The fraction of sp³-hybridized carbons (Fsp3) is 0.265. The van der Waals surface area contributed by atoms with E-state index in [2.05, 4.69) is 27.2 Å². The predicted octanol–water partition coefficient (Wildman–Crippen LogP) is 6.95. The molecule has 2 atom stereocenters. The van der Waals surface area contributed by atoms with Gasteiger partial charge in [-0.2, -0.15) is 0 Å². The number of amides is 1. The molecule has 228 valence electrons. The van der Waals surface area contributed by atoms with Crippen LogP contribution >= 0.6 is 23.2 Å². The fourth-order valence-electron chi connectivity index (χ4n) is 5.49. The second-order valence-electron chi connectivity index (χ2n) is 11.0. The smallest absolute Gasteiger partial charge is 0.255 e. The number of piperazine rings is 1. The van der Waals surface area contributed by atoms with Crippen LogP contribution in [0, 0.1) is 0 Å². The number of halogens is 2. The zero-order chi connectivity index (χ0) is 30.7. The van der Waals surface area contributed by atoms with Gasteiger partial charge in [-0.3, -0.25) is 4.79 Å². The molecule has 2 fully saturated rings. The van der Waals surface area contributed by atoms with Crippen molar-refractivity contribution in [2.45, 2.75) is 18.8 Å². The Hall–Kier alpha value is -3.95. The molecular weight excluding hydrogens is 601 g/mol. The molecule has 2 N–H and O–H groups in total. The lowest BCUT2D eigenvalue weighted by molar-refractivity contribution is -0.164. The molecule has 10 heteroatoms. The summed E-state index contributed by atoms with van der Waals surface area (Å²) in [5.74, 6) is -0.382. The van der Waals surface area contributed by atoms with E-state index >= 15 is 0 Å². The molecule has 44 heavy (non-hydrogen) atoms. The van der Waals surface area contributed by atoms with E-state index < -0.39 is 5.79 Å². The number of aromatic hydroxyl groups is 1. The van der Waals surface area contributed by atoms with Crippen molar-refractivity contribution < 1.29 is 24.1 Å². The molecule has 2 saturated heterocycles. The lowest BCUT2D eigenvalue weighted by Crippen LogP contribution is -2.46. The van der Waals surface area contributed by atoms with E-state index in [1.54, 1.807) is 24.3 Å². The number of nitrogens with one attached hydrogen (secondary N) is 1. The molecule has 0 saturated carbocycles. The molecule has 4 aromatic rings. The molecule has 4 aromatic carbocycles. The Morgan fingerprint density at radius 2 is 1.59 bits per heavy atom. The van der Waals surface area contributed by atoms with Crippen LogP contribution in [-0.2, 0) is 15.3 Å². The summed E-state index contributed by atoms with van der Waals surface area (Å²) >= 11 is 12.4. The molecule has 0 aromatic heterocycles. The number of benzene rings is 4. The van der Waals surface area contributed by atoms with Gasteiger partial charge in [-0.25, -0.2) is 0 Å². The molecule has 0 aliphatic carbocycles. The predicted molar refractivity (Wildman–Crippen MR) is 174 cm³/mol. The highest BCUT2D eigenvalue weighted by molar-refractivity contribution is 6.35. The van der Waals surface area contributed by atoms with E-state index in [0.29, 0.717) is 34.5 Å². The van der Waals surface area contributed by atoms with Crippen molar-refractivity contribution in [2.75, 3.05) is 54.5 Å². The summed E-state index contributed by atoms with van der Waals surface area (Å²) < 4.78 is 18.2. The number of hydrogen-bond acceptors (Lipinski definition) is 7. The summed E-state index contributed by atoms with van der Waals surface area (Å²) in [5, 5.41) is 13.6. The first-order chi connectivity index (χ1) is 21.3. The van der Waals surface area contributed by atoms with Gasteiger partial charge in [0.1, 0.15) is 24.2 Å². The molecule has 2 aliphatic rings. The average molecular weight is 635 g/mol. The van der Waals surface area contributed by atoms with E-state index in [1.165, 1.54) is 12.1 Å². The summed E-state index contributed by atoms with van der Waals surface area (Å²) in [7, 11) is 0. The molecule has 0 bridgehead atoms. The highest BCUT2D eigenvalue weighted by Gasteiger charge is 2.40. The van der Waals surface area contributed by atoms with Gasteiger partial charge in [0.15, 0.2) is 5.79 Å². The molecule has 2 aliphatic heterocycles. The van der Waals surface area contributed by atoms with Crippen molar-refractivity contribution in [1.29, 1.82) is 0 Å². The minimum atomic E-state index is -0.951. The maximum Gasteiger partial charge on any atom is 0.255 e. The average Bonchev–Trinajstić information content (AvgIpc) is 3.42. The van der Waals surface area contributed by atoms with Gasteiger partial charge >= 0.3 is 0 Å². The maximum absolute atomic E-state index is 12.5. The van der Waals surface area contributed by atoms with E-state index in [4.69, 9.17) is 37.4 Å². The van der Waals surface area contributed by atoms with Crippen LogP contribution in [0.1, 0.15) is 22.8 Å². The summed E-state index contributed by atoms with van der Waals surface area (Å²) in [5.41, 5.74) is 4.10. The highest BCUT2D eigenvalue weighted by Crippen LogP contribution is 2.39. The number of hydrogen-bond donors (Lipinski definition) is 2. The second kappa shape index (κ2) is 13.0. The Kier molecular flexibility index (Phi) is 8.86. The van der Waals surface area contributed by atoms with Gasteiger partial charge in [0.25, 0.3) is 5.91 Å². The Morgan fingerprint density at radius 3 is 2.23 bits per heavy atom. The molecule has 1 amide bonds. The summed E-state index contributed by atoms with van der Waals surface area (Å²) in [6.07, 6.45) is -0.233. The van der Waals surface area contributed by atoms with Crippen molar-refractivity contribution >= 4 is 46.2 Å². The molecular formula is C34H33Cl2N3O5. The standard InChI is InChI=1S/C34H33Cl2N3O5/c1-34(31-14-5-24(35)20-32(31)36)43-22-30(44-34)21-42-29-12-10-27(11-13-29)39-17-15-38(16-18-39)26-8-6-25(7-9-26)37-33(41)23-3-2-4-28(40)19-23/h2-14,19-20,30,40H,15-18,21-22H2,1H3,(H,37,41)/t30-,34+/m1/s1. The van der Waals surface area contributed by atoms with Gasteiger partial charge in [-0.15, -0.1) is 0 Å². The number of carbonyl (C=O) groups excluding carboxylic acids is 1. The third kappa shape index (κ3) is 6.89. The third-order valence-corrected chi connectivity index (χ3v) is 8.42. The van der Waals surface area contributed by atoms with Gasteiger partial charge in [0.2, 0.25) is 0 Å². The van der Waals surface area contributed by atoms with E-state index in [-0.39, 0.29) is 17.8 Å². The van der Waals surface area contributed by atoms with Gasteiger partial charge in [-0.05, 0) is 85.8 Å². The first kappa shape index (κ1) is 30.1. The van der Waals surface area contributed by atoms with Gasteiger partial charge < -0.3 is 34.4 Å². The molecule has 2 heterocycles. The number of anilines is 3. The normalized spacial score (nSPS) is 20.0. The number of ether oxygens (including phenoxy) is 3. The number of phenolic OH excluding ortho intramolecular Hbond substituents is 1. The Labute approximate surface area is 266 Å². The molecule has 0 unspecified atom stereocenters. The van der Waals surface area contributed by atoms with Crippen LogP contribution in [-0.4, -0.2) is 56.5 Å². The number of phenols is 1. The van der Waals surface area contributed by atoms with Gasteiger partial charge in [0, 0.05) is 59.4 Å². The fourth-order valence-corrected chi connectivity index (χ4v) is 6.07. The number of nitrogens with zero attached hydrogens (tertiary/aromatic N) is 2. The van der Waals surface area contributed by atoms with Gasteiger partial charge in [-0.1, -0.05) is 35.3 Å². The minimum Gasteiger partial charge on any atom is -0.508 e. The maximum atomic E-state index is 12.5. The van der Waals surface area contributed by atoms with Gasteiger partial charge in [0.05, 0.1) is 11.6 Å². The molecule has 8 nitrogen and oxygen atoms in total. The molecule has 0 spiro atoms. The lowest BCUT2D eigenvalue weighted by atomic mass is 10.1. The Bertz CT molecular complexity index is 1610. The quantitative estimate of drug-likeness (QED) is 0.217. The lowest BCUT2D eigenvalue weighted by Gasteiger charge is -2.37. The van der Waals surface area contributed by atoms with Crippen LogP contribution in [0.5, 0.6) is 11.5 Å². The van der Waals surface area contributed by atoms with Crippen molar-refractivity contribution in [1.82, 2.24) is 0 Å². The second-order valence-corrected chi connectivity index (χ2v) is 11.8. The van der Waals surface area contributed by atoms with Crippen molar-refractivity contribution in [3.05, 3.63) is 112 Å². The largest absolute Gasteiger partial charge is 0.508 e. The van der Waals surface area contributed by atoms with Crippen LogP contribution < -0.4 is 19.9 Å². The SMILES string of the molecule is C[C@]1(c2ccc(Cl)cc2Cl)OC[C@@H](COc2ccc(N3CCN(c4ccc(NC(=O)c5cccc(O)c5)cc4)CC3)cc2)O1. The summed E-state index contributed by atoms with van der Waals surface area (Å²) in [6, 6.07) is 27.5. The third-order valence-electron chi connectivity index (χ3n) is 7.87. The summed E-state index contributed by atoms with van der Waals surface area (Å²) in [6.45, 7) is 6.13. The zero-order valence-corrected chi connectivity index (χ0v) is 25.7. The van der Waals surface area contributed by atoms with Crippen molar-refractivity contribution in [3.63, 3.8) is 0 Å². The number of rotatable bonds is 8. The van der Waals surface area contributed by atoms with E-state index in [0.717, 1.165) is 48.9 Å². The van der Waals surface area contributed by atoms with Crippen molar-refractivity contribution in [3.8, 4) is 11.5 Å². The molecule has 0 radical (unpaired) electrons. The monoisotopic (exact) mass is 633 g/mol. The summed E-state index contributed by atoms with van der Waals surface area (Å²) in [4.78, 5) is 17.2.